The van der Waals surface area contributed by atoms with Gasteiger partial charge in [0.15, 0.2) is 0 Å². The van der Waals surface area contributed by atoms with Gasteiger partial charge < -0.3 is 16.0 Å². The zero-order valence-electron chi connectivity index (χ0n) is 11.6. The number of hydrogen-bond acceptors (Lipinski definition) is 5. The number of rotatable bonds is 4. The molecule has 0 spiro atoms. The van der Waals surface area contributed by atoms with Gasteiger partial charge in [-0.2, -0.15) is 0 Å². The number of aromatic nitrogens is 2. The molecule has 0 unspecified atom stereocenters. The van der Waals surface area contributed by atoms with E-state index in [4.69, 9.17) is 0 Å². The molecule has 0 fully saturated rings. The number of nitrogens with zero attached hydrogens (tertiary/aromatic N) is 2. The molecule has 0 aliphatic carbocycles. The molecule has 0 atom stereocenters. The van der Waals surface area contributed by atoms with E-state index in [9.17, 15) is 9.59 Å². The summed E-state index contributed by atoms with van der Waals surface area (Å²) in [6.07, 6.45) is 2.85. The van der Waals surface area contributed by atoms with Gasteiger partial charge in [0.1, 0.15) is 11.5 Å². The minimum Gasteiger partial charge on any atom is -0.372 e. The van der Waals surface area contributed by atoms with Gasteiger partial charge in [0, 0.05) is 12.6 Å². The molecule has 3 N–H and O–H groups in total. The highest BCUT2D eigenvalue weighted by atomic mass is 16.2. The largest absolute Gasteiger partial charge is 0.372 e. The summed E-state index contributed by atoms with van der Waals surface area (Å²) in [7, 11) is 1.68. The Hall–Kier alpha value is -2.18. The Bertz CT molecular complexity index is 467. The lowest BCUT2D eigenvalue weighted by Gasteiger charge is -2.20. The lowest BCUT2D eigenvalue weighted by molar-refractivity contribution is -0.121. The van der Waals surface area contributed by atoms with Crippen molar-refractivity contribution in [3.8, 4) is 0 Å². The molecule has 2 amide bonds. The molecule has 0 aromatic carbocycles. The molecule has 1 heterocycles. The molecule has 0 saturated carbocycles. The van der Waals surface area contributed by atoms with Crippen molar-refractivity contribution in [1.82, 2.24) is 20.6 Å². The highest BCUT2D eigenvalue weighted by molar-refractivity contribution is 5.94. The van der Waals surface area contributed by atoms with E-state index in [1.54, 1.807) is 7.05 Å². The van der Waals surface area contributed by atoms with Crippen molar-refractivity contribution < 1.29 is 9.59 Å². The van der Waals surface area contributed by atoms with Crippen LogP contribution in [0.1, 0.15) is 31.3 Å². The fraction of sp³-hybridized carbons (Fsp3) is 0.500. The Morgan fingerprint density at radius 3 is 2.53 bits per heavy atom. The van der Waals surface area contributed by atoms with E-state index < -0.39 is 5.91 Å². The van der Waals surface area contributed by atoms with Crippen molar-refractivity contribution >= 4 is 17.6 Å². The molecule has 19 heavy (non-hydrogen) atoms. The fourth-order valence-electron chi connectivity index (χ4n) is 1.31. The summed E-state index contributed by atoms with van der Waals surface area (Å²) in [4.78, 5) is 31.2. The number of nitrogens with one attached hydrogen (secondary N) is 3. The van der Waals surface area contributed by atoms with Crippen LogP contribution in [0.4, 0.5) is 5.82 Å². The molecule has 0 aliphatic rings. The Kier molecular flexibility index (Phi) is 4.80. The Labute approximate surface area is 112 Å². The predicted molar refractivity (Wildman–Crippen MR) is 71.8 cm³/mol. The van der Waals surface area contributed by atoms with Crippen molar-refractivity contribution in [2.24, 2.45) is 0 Å². The average molecular weight is 265 g/mol. The molecule has 1 aromatic rings. The Morgan fingerprint density at radius 2 is 1.95 bits per heavy atom. The Morgan fingerprint density at radius 1 is 1.26 bits per heavy atom. The zero-order valence-corrected chi connectivity index (χ0v) is 11.6. The third kappa shape index (κ3) is 5.33. The van der Waals surface area contributed by atoms with Gasteiger partial charge in [-0.25, -0.2) is 4.98 Å². The third-order valence-corrected chi connectivity index (χ3v) is 2.05. The average Bonchev–Trinajstić information content (AvgIpc) is 2.34. The van der Waals surface area contributed by atoms with E-state index in [-0.39, 0.29) is 23.7 Å². The van der Waals surface area contributed by atoms with Crippen LogP contribution in [0.25, 0.3) is 0 Å². The smallest absolute Gasteiger partial charge is 0.272 e. The highest BCUT2D eigenvalue weighted by Gasteiger charge is 2.15. The molecule has 7 heteroatoms. The normalized spacial score (nSPS) is 10.7. The van der Waals surface area contributed by atoms with Gasteiger partial charge in [-0.1, -0.05) is 0 Å². The molecule has 0 radical (unpaired) electrons. The van der Waals surface area contributed by atoms with Crippen LogP contribution in [-0.2, 0) is 4.79 Å². The van der Waals surface area contributed by atoms with Gasteiger partial charge in [0.25, 0.3) is 5.91 Å². The molecule has 1 rings (SSSR count). The van der Waals surface area contributed by atoms with E-state index in [0.717, 1.165) is 0 Å². The van der Waals surface area contributed by atoms with Gasteiger partial charge in [-0.05, 0) is 20.8 Å². The second kappa shape index (κ2) is 6.12. The fourth-order valence-corrected chi connectivity index (χ4v) is 1.31. The van der Waals surface area contributed by atoms with Gasteiger partial charge in [0.2, 0.25) is 5.91 Å². The van der Waals surface area contributed by atoms with E-state index in [1.807, 2.05) is 20.8 Å². The third-order valence-electron chi connectivity index (χ3n) is 2.05. The molecular weight excluding hydrogens is 246 g/mol. The van der Waals surface area contributed by atoms with Crippen molar-refractivity contribution in [3.05, 3.63) is 18.1 Å². The lowest BCUT2D eigenvalue weighted by Crippen LogP contribution is -2.45. The second-order valence-corrected chi connectivity index (χ2v) is 5.02. The summed E-state index contributed by atoms with van der Waals surface area (Å²) in [5, 5.41) is 8.02. The maximum atomic E-state index is 11.8. The maximum absolute atomic E-state index is 11.8. The minimum absolute atomic E-state index is 0.0957. The van der Waals surface area contributed by atoms with Crippen LogP contribution in [-0.4, -0.2) is 40.9 Å². The SMILES string of the molecule is CNc1cncc(C(=O)NCC(=O)NC(C)(C)C)n1. The molecule has 0 saturated heterocycles. The van der Waals surface area contributed by atoms with Crippen LogP contribution in [0.5, 0.6) is 0 Å². The van der Waals surface area contributed by atoms with Crippen LogP contribution in [0, 0.1) is 0 Å². The van der Waals surface area contributed by atoms with Crippen molar-refractivity contribution in [1.29, 1.82) is 0 Å². The van der Waals surface area contributed by atoms with Crippen LogP contribution >= 0.6 is 0 Å². The standard InChI is InChI=1S/C12H19N5O2/c1-12(2,3)17-10(18)7-15-11(19)8-5-14-6-9(13-4)16-8/h5-6H,7H2,1-4H3,(H,13,16)(H,15,19)(H,17,18). The summed E-state index contributed by atoms with van der Waals surface area (Å²) < 4.78 is 0. The molecule has 0 bridgehead atoms. The molecule has 104 valence electrons. The first kappa shape index (κ1) is 14.9. The molecule has 0 aliphatic heterocycles. The molecular formula is C12H19N5O2. The van der Waals surface area contributed by atoms with Gasteiger partial charge in [0.05, 0.1) is 18.9 Å². The van der Waals surface area contributed by atoms with E-state index in [2.05, 4.69) is 25.9 Å². The minimum atomic E-state index is -0.436. The highest BCUT2D eigenvalue weighted by Crippen LogP contribution is 2.00. The number of hydrogen-bond donors (Lipinski definition) is 3. The van der Waals surface area contributed by atoms with Gasteiger partial charge in [-0.3, -0.25) is 14.6 Å². The van der Waals surface area contributed by atoms with E-state index in [0.29, 0.717) is 5.82 Å². The number of carbonyl (C=O) groups is 2. The number of anilines is 1. The predicted octanol–water partition coefficient (Wildman–Crippen LogP) is 0.163. The Balaban J connectivity index is 2.53. The summed E-state index contributed by atoms with van der Waals surface area (Å²) in [6, 6.07) is 0. The first-order valence-electron chi connectivity index (χ1n) is 5.91. The number of amides is 2. The van der Waals surface area contributed by atoms with Crippen LogP contribution in [0.15, 0.2) is 12.4 Å². The maximum Gasteiger partial charge on any atom is 0.272 e. The van der Waals surface area contributed by atoms with E-state index in [1.165, 1.54) is 12.4 Å². The summed E-state index contributed by atoms with van der Waals surface area (Å²) >= 11 is 0. The monoisotopic (exact) mass is 265 g/mol. The first-order chi connectivity index (χ1) is 8.81. The van der Waals surface area contributed by atoms with E-state index >= 15 is 0 Å². The van der Waals surface area contributed by atoms with Crippen molar-refractivity contribution in [3.63, 3.8) is 0 Å². The van der Waals surface area contributed by atoms with Crippen LogP contribution < -0.4 is 16.0 Å². The lowest BCUT2D eigenvalue weighted by atomic mass is 10.1. The quantitative estimate of drug-likeness (QED) is 0.721. The van der Waals surface area contributed by atoms with Crippen molar-refractivity contribution in [2.45, 2.75) is 26.3 Å². The molecule has 7 nitrogen and oxygen atoms in total. The summed E-state index contributed by atoms with van der Waals surface area (Å²) in [5.41, 5.74) is -0.163. The van der Waals surface area contributed by atoms with Gasteiger partial charge in [-0.15, -0.1) is 0 Å². The van der Waals surface area contributed by atoms with Gasteiger partial charge >= 0.3 is 0 Å². The summed E-state index contributed by atoms with van der Waals surface area (Å²) in [5.74, 6) is -0.195. The zero-order chi connectivity index (χ0) is 14.5. The molecule has 1 aromatic heterocycles. The van der Waals surface area contributed by atoms with Crippen LogP contribution in [0.2, 0.25) is 0 Å². The number of carbonyl (C=O) groups excluding carboxylic acids is 2. The van der Waals surface area contributed by atoms with Crippen molar-refractivity contribution in [2.75, 3.05) is 18.9 Å². The van der Waals surface area contributed by atoms with Crippen LogP contribution in [0.3, 0.4) is 0 Å². The summed E-state index contributed by atoms with van der Waals surface area (Å²) in [6.45, 7) is 5.51. The topological polar surface area (TPSA) is 96.0 Å². The first-order valence-corrected chi connectivity index (χ1v) is 5.91. The second-order valence-electron chi connectivity index (χ2n) is 5.02.